The van der Waals surface area contributed by atoms with E-state index in [-0.39, 0.29) is 34.3 Å². The van der Waals surface area contributed by atoms with Gasteiger partial charge in [0.05, 0.1) is 18.2 Å². The number of hydrogen-bond acceptors (Lipinski definition) is 24. The number of rotatable bonds is 16. The van der Waals surface area contributed by atoms with Crippen molar-refractivity contribution >= 4 is 30.2 Å². The van der Waals surface area contributed by atoms with E-state index in [1.165, 1.54) is 85.0 Å². The zero-order valence-electron chi connectivity index (χ0n) is 39.5. The van der Waals surface area contributed by atoms with Crippen molar-refractivity contribution in [2.24, 2.45) is 0 Å². The van der Waals surface area contributed by atoms with Gasteiger partial charge in [-0.15, -0.1) is 0 Å². The summed E-state index contributed by atoms with van der Waals surface area (Å²) >= 11 is 0. The molecule has 16 atom stereocenters. The van der Waals surface area contributed by atoms with Crippen LogP contribution in [0.15, 0.2) is 96.8 Å². The molecule has 3 fully saturated rings. The molecule has 8 rings (SSSR count). The molecule has 0 radical (unpaired) electrons. The van der Waals surface area contributed by atoms with Crippen LogP contribution in [0, 0.1) is 0 Å². The zero-order valence-corrected chi connectivity index (χ0v) is 39.5. The highest BCUT2D eigenvalue weighted by Gasteiger charge is 2.53. The number of aromatic hydroxyl groups is 6. The number of esters is 2. The fraction of sp³-hybridized carbons (Fsp3) is 0.373. The molecular weight excluding hydrogens is 1010 g/mol. The van der Waals surface area contributed by atoms with Crippen molar-refractivity contribution < 1.29 is 124 Å². The Balaban J connectivity index is 1.10. The molecule has 15 N–H and O–H groups in total. The lowest BCUT2D eigenvalue weighted by Gasteiger charge is -2.46. The number of carbonyl (C=O) groups is 2. The number of aliphatic hydroxyl groups excluding tert-OH is 9. The van der Waals surface area contributed by atoms with E-state index in [1.807, 2.05) is 0 Å². The summed E-state index contributed by atoms with van der Waals surface area (Å²) in [4.78, 5) is 25.6. The second-order valence-electron chi connectivity index (χ2n) is 17.9. The third-order valence-corrected chi connectivity index (χ3v) is 12.6. The van der Waals surface area contributed by atoms with Crippen LogP contribution < -0.4 is 4.74 Å². The molecule has 408 valence electrons. The molecule has 1 unspecified atom stereocenters. The molecule has 0 bridgehead atoms. The summed E-state index contributed by atoms with van der Waals surface area (Å²) in [6.45, 7) is -2.30. The average Bonchev–Trinajstić information content (AvgIpc) is 3.41. The van der Waals surface area contributed by atoms with Gasteiger partial charge in [-0.3, -0.25) is 0 Å². The van der Waals surface area contributed by atoms with Gasteiger partial charge < -0.3 is 114 Å². The lowest BCUT2D eigenvalue weighted by Crippen LogP contribution is -2.64. The van der Waals surface area contributed by atoms with Crippen molar-refractivity contribution in [3.63, 3.8) is 0 Å². The van der Waals surface area contributed by atoms with Gasteiger partial charge in [0.15, 0.2) is 29.7 Å². The molecule has 4 aliphatic heterocycles. The third kappa shape index (κ3) is 12.6. The van der Waals surface area contributed by atoms with Crippen LogP contribution in [0.25, 0.3) is 18.2 Å². The van der Waals surface area contributed by atoms with Gasteiger partial charge >= 0.3 is 11.9 Å². The van der Waals surface area contributed by atoms with Crippen LogP contribution in [0.4, 0.5) is 0 Å². The maximum absolute atomic E-state index is 12.9. The van der Waals surface area contributed by atoms with E-state index in [9.17, 15) is 81.1 Å². The molecular formula is C51H55O25+. The summed E-state index contributed by atoms with van der Waals surface area (Å²) in [6, 6.07) is 17.4. The Morgan fingerprint density at radius 3 is 1.70 bits per heavy atom. The number of fused-ring (bicyclic) bond motifs is 1. The van der Waals surface area contributed by atoms with Crippen LogP contribution in [0.5, 0.6) is 40.2 Å². The Morgan fingerprint density at radius 2 is 1.08 bits per heavy atom. The molecule has 0 amide bonds. The van der Waals surface area contributed by atoms with Gasteiger partial charge in [0.1, 0.15) is 109 Å². The topological polar surface area (TPSA) is 404 Å². The number of ether oxygens (including phenoxy) is 9. The lowest BCUT2D eigenvalue weighted by atomic mass is 9.97. The summed E-state index contributed by atoms with van der Waals surface area (Å²) in [5, 5.41) is 148. The molecule has 4 heterocycles. The molecule has 25 heteroatoms. The number of phenols is 5. The zero-order chi connectivity index (χ0) is 54.5. The number of hydrogen-bond donors (Lipinski definition) is 14. The normalized spacial score (nSPS) is 31.5. The van der Waals surface area contributed by atoms with Gasteiger partial charge in [0.2, 0.25) is 12.6 Å². The molecule has 4 aromatic rings. The van der Waals surface area contributed by atoms with Crippen LogP contribution in [-0.4, -0.2) is 200 Å². The minimum absolute atomic E-state index is 0.0103. The first-order valence-electron chi connectivity index (χ1n) is 23.4. The molecule has 25 nitrogen and oxygen atoms in total. The van der Waals surface area contributed by atoms with Crippen molar-refractivity contribution in [3.8, 4) is 40.2 Å². The predicted molar refractivity (Wildman–Crippen MR) is 254 cm³/mol. The van der Waals surface area contributed by atoms with Gasteiger partial charge in [-0.1, -0.05) is 18.2 Å². The van der Waals surface area contributed by atoms with Gasteiger partial charge in [-0.25, -0.2) is 9.59 Å². The number of phenolic OH excluding ortho intramolecular Hbond substituents is 5. The van der Waals surface area contributed by atoms with E-state index >= 15 is 0 Å². The van der Waals surface area contributed by atoms with E-state index in [0.29, 0.717) is 16.7 Å². The van der Waals surface area contributed by atoms with Gasteiger partial charge in [-0.2, -0.15) is 0 Å². The van der Waals surface area contributed by atoms with Crippen molar-refractivity contribution in [1.82, 2.24) is 0 Å². The van der Waals surface area contributed by atoms with Crippen LogP contribution in [0.3, 0.4) is 0 Å². The minimum atomic E-state index is -2.11. The number of carbonyl (C=O) groups excluding carboxylic acids is 2. The summed E-state index contributed by atoms with van der Waals surface area (Å²) in [7, 11) is 0. The molecule has 0 aliphatic carbocycles. The first-order valence-corrected chi connectivity index (χ1v) is 23.4. The van der Waals surface area contributed by atoms with E-state index in [0.717, 1.165) is 24.3 Å². The lowest BCUT2D eigenvalue weighted by molar-refractivity contribution is -0.364. The fourth-order valence-corrected chi connectivity index (χ4v) is 8.38. The van der Waals surface area contributed by atoms with E-state index in [4.69, 9.17) is 42.6 Å². The quantitative estimate of drug-likeness (QED) is 0.0274. The first kappa shape index (κ1) is 55.2. The Kier molecular flexibility index (Phi) is 17.3. The highest BCUT2D eigenvalue weighted by molar-refractivity contribution is 5.87. The Labute approximate surface area is 430 Å². The summed E-state index contributed by atoms with van der Waals surface area (Å²) in [5.41, 5.74) is 1.14. The highest BCUT2D eigenvalue weighted by atomic mass is 16.8. The SMILES string of the molecule is O=C(/C=C/c1ccc(O)c(O)c1)OC[C@H]1O[C@@H](O[C@@H]2[C@H](OC3=Cc4c(O[C@@H]5O[C@@H](CO)[C@@H](O)[C@H](O)[C@@H]5O)cc(O)cc4[OH+]C3c3ccc(O)cc3)O[C@H](COC(=O)/C=C/c3ccc(O)cc3)[C@@H](O)[C@@H]2O)[C@@H](O)[C@@H](O)[C@@H]1O. The smallest absolute Gasteiger partial charge is 0.330 e. The molecule has 0 aromatic heterocycles. The van der Waals surface area contributed by atoms with Gasteiger partial charge in [0.25, 0.3) is 11.9 Å². The average molecular weight is 1070 g/mol. The van der Waals surface area contributed by atoms with Crippen LogP contribution in [0.1, 0.15) is 28.4 Å². The summed E-state index contributed by atoms with van der Waals surface area (Å²) < 4.78 is 51.4. The van der Waals surface area contributed by atoms with Crippen LogP contribution in [0.2, 0.25) is 0 Å². The fourth-order valence-electron chi connectivity index (χ4n) is 8.38. The van der Waals surface area contributed by atoms with Gasteiger partial charge in [0, 0.05) is 24.3 Å². The molecule has 3 saturated heterocycles. The van der Waals surface area contributed by atoms with E-state index in [2.05, 4.69) is 0 Å². The highest BCUT2D eigenvalue weighted by Crippen LogP contribution is 2.47. The Bertz CT molecular complexity index is 2750. The maximum Gasteiger partial charge on any atom is 0.330 e. The summed E-state index contributed by atoms with van der Waals surface area (Å²) in [6.07, 6.45) is -23.3. The van der Waals surface area contributed by atoms with Crippen molar-refractivity contribution in [2.45, 2.75) is 98.2 Å². The second-order valence-corrected chi connectivity index (χ2v) is 17.9. The first-order chi connectivity index (χ1) is 36.3. The van der Waals surface area contributed by atoms with Crippen LogP contribution >= 0.6 is 0 Å². The monoisotopic (exact) mass is 1070 g/mol. The van der Waals surface area contributed by atoms with Crippen molar-refractivity contribution in [2.75, 3.05) is 19.8 Å². The molecule has 4 aliphatic rings. The molecule has 0 spiro atoms. The molecule has 76 heavy (non-hydrogen) atoms. The second kappa shape index (κ2) is 23.9. The predicted octanol–water partition coefficient (Wildman–Crippen LogP) is -1.10. The van der Waals surface area contributed by atoms with Crippen LogP contribution in [-0.2, 0) is 42.7 Å². The Morgan fingerprint density at radius 1 is 0.539 bits per heavy atom. The third-order valence-electron chi connectivity index (χ3n) is 12.6. The van der Waals surface area contributed by atoms with E-state index in [1.54, 1.807) is 0 Å². The standard InChI is InChI=1S/C51H54O25/c52-19-34-39(60)42(63)45(66)49(73-34)71-32-17-27(55)16-31-28(32)18-33(47(70-31)24-6-10-26(54)11-7-24)72-51-48(44(65)41(62)36(75-51)21-69-37(58)13-4-22-1-8-25(53)9-2-22)76-50-46(67)43(64)40(61)35(74-50)20-68-38(59)14-5-23-3-12-29(56)30(57)15-23/h1-18,34-36,39-57,60-67H,19-21H2/p+1/b13-4+,14-5+/t34-,35+,36+,39+,40+,41+,42-,43-,44-,45-,46-,47?,48-,49+,50-,51+/m0/s1. The Hall–Kier alpha value is -7.08. The van der Waals surface area contributed by atoms with Gasteiger partial charge in [-0.05, 0) is 71.8 Å². The number of aliphatic hydroxyl groups is 10. The molecule has 0 saturated carbocycles. The van der Waals surface area contributed by atoms with Crippen molar-refractivity contribution in [3.05, 3.63) is 119 Å². The van der Waals surface area contributed by atoms with Crippen molar-refractivity contribution in [1.29, 1.82) is 0 Å². The molecule has 4 aromatic carbocycles. The largest absolute Gasteiger partial charge is 0.571 e. The van der Waals surface area contributed by atoms with E-state index < -0.39 is 147 Å². The maximum atomic E-state index is 12.9. The minimum Gasteiger partial charge on any atom is -0.571 e. The summed E-state index contributed by atoms with van der Waals surface area (Å²) in [5.74, 6) is -3.81. The number of benzene rings is 4.